The third kappa shape index (κ3) is 1.44. The van der Waals surface area contributed by atoms with Gasteiger partial charge in [0.05, 0.1) is 0 Å². The molecule has 0 aromatic carbocycles. The van der Waals surface area contributed by atoms with Crippen molar-refractivity contribution in [2.24, 2.45) is 5.41 Å². The molecule has 1 aromatic heterocycles. The minimum absolute atomic E-state index is 0.161. The van der Waals surface area contributed by atoms with Crippen molar-refractivity contribution in [3.05, 3.63) is 32.2 Å². The number of pyridine rings is 1. The Bertz CT molecular complexity index is 445. The van der Waals surface area contributed by atoms with E-state index in [0.717, 1.165) is 28.7 Å². The van der Waals surface area contributed by atoms with Gasteiger partial charge >= 0.3 is 0 Å². The minimum Gasteiger partial charge on any atom is -0.311 e. The average Bonchev–Trinajstić information content (AvgIpc) is 2.38. The van der Waals surface area contributed by atoms with Gasteiger partial charge in [-0.15, -0.1) is 0 Å². The first kappa shape index (κ1) is 9.97. The summed E-state index contributed by atoms with van der Waals surface area (Å²) in [6.45, 7) is 7.09. The van der Waals surface area contributed by atoms with Crippen LogP contribution >= 0.6 is 15.9 Å². The predicted molar refractivity (Wildman–Crippen MR) is 60.6 cm³/mol. The highest BCUT2D eigenvalue weighted by molar-refractivity contribution is 9.10. The van der Waals surface area contributed by atoms with Gasteiger partial charge in [-0.25, -0.2) is 0 Å². The zero-order valence-corrected chi connectivity index (χ0v) is 10.3. The van der Waals surface area contributed by atoms with Gasteiger partial charge < -0.3 is 4.57 Å². The summed E-state index contributed by atoms with van der Waals surface area (Å²) in [6, 6.07) is 1.93. The summed E-state index contributed by atoms with van der Waals surface area (Å²) >= 11 is 3.52. The Morgan fingerprint density at radius 2 is 2.14 bits per heavy atom. The molecular formula is C11H14BrNO. The molecule has 0 saturated carbocycles. The van der Waals surface area contributed by atoms with Gasteiger partial charge in [-0.05, 0) is 40.8 Å². The fraction of sp³-hybridized carbons (Fsp3) is 0.545. The predicted octanol–water partition coefficient (Wildman–Crippen LogP) is 2.50. The molecule has 0 atom stereocenters. The lowest BCUT2D eigenvalue weighted by Gasteiger charge is -2.13. The zero-order valence-electron chi connectivity index (χ0n) is 8.72. The molecule has 0 aliphatic carbocycles. The first-order valence-corrected chi connectivity index (χ1v) is 5.59. The molecule has 14 heavy (non-hydrogen) atoms. The average molecular weight is 256 g/mol. The van der Waals surface area contributed by atoms with Crippen LogP contribution in [-0.2, 0) is 13.0 Å². The van der Waals surface area contributed by atoms with Crippen molar-refractivity contribution < 1.29 is 0 Å². The van der Waals surface area contributed by atoms with Crippen molar-refractivity contribution in [1.29, 1.82) is 0 Å². The molecule has 0 saturated heterocycles. The van der Waals surface area contributed by atoms with Gasteiger partial charge in [0, 0.05) is 22.3 Å². The van der Waals surface area contributed by atoms with Crippen LogP contribution in [0.5, 0.6) is 0 Å². The maximum Gasteiger partial charge on any atom is 0.253 e. The van der Waals surface area contributed by atoms with Gasteiger partial charge in [0.15, 0.2) is 0 Å². The molecule has 2 nitrogen and oxygen atoms in total. The van der Waals surface area contributed by atoms with Crippen molar-refractivity contribution in [2.75, 3.05) is 0 Å². The lowest BCUT2D eigenvalue weighted by atomic mass is 9.91. The summed E-state index contributed by atoms with van der Waals surface area (Å²) in [4.78, 5) is 11.8. The molecule has 0 amide bonds. The number of nitrogens with zero attached hydrogens (tertiary/aromatic N) is 1. The van der Waals surface area contributed by atoms with Crippen LogP contribution < -0.4 is 5.56 Å². The van der Waals surface area contributed by atoms with Gasteiger partial charge in [0.2, 0.25) is 0 Å². The second-order valence-corrected chi connectivity index (χ2v) is 5.71. The molecule has 0 spiro atoms. The number of aryl methyl sites for hydroxylation is 1. The highest BCUT2D eigenvalue weighted by Gasteiger charge is 2.30. The molecular weight excluding hydrogens is 242 g/mol. The van der Waals surface area contributed by atoms with Crippen LogP contribution in [0.2, 0.25) is 0 Å². The SMILES string of the molecule is Cc1cc(Br)c2n(c1=O)CC(C)(C)C2. The molecule has 1 aliphatic rings. The quantitative estimate of drug-likeness (QED) is 0.699. The van der Waals surface area contributed by atoms with Crippen LogP contribution in [0.4, 0.5) is 0 Å². The Kier molecular flexibility index (Phi) is 2.11. The summed E-state index contributed by atoms with van der Waals surface area (Å²) in [5, 5.41) is 0. The molecule has 0 unspecified atom stereocenters. The van der Waals surface area contributed by atoms with Gasteiger partial charge in [0.1, 0.15) is 0 Å². The minimum atomic E-state index is 0.161. The van der Waals surface area contributed by atoms with Crippen molar-refractivity contribution in [2.45, 2.75) is 33.7 Å². The van der Waals surface area contributed by atoms with E-state index in [1.165, 1.54) is 0 Å². The number of fused-ring (bicyclic) bond motifs is 1. The van der Waals surface area contributed by atoms with E-state index in [1.54, 1.807) is 0 Å². The lowest BCUT2D eigenvalue weighted by molar-refractivity contribution is 0.357. The van der Waals surface area contributed by atoms with E-state index in [1.807, 2.05) is 17.6 Å². The molecule has 0 bridgehead atoms. The Morgan fingerprint density at radius 3 is 2.79 bits per heavy atom. The van der Waals surface area contributed by atoms with Crippen LogP contribution in [0.15, 0.2) is 15.3 Å². The number of aromatic nitrogens is 1. The van der Waals surface area contributed by atoms with Gasteiger partial charge in [-0.2, -0.15) is 0 Å². The second kappa shape index (κ2) is 2.96. The summed E-state index contributed by atoms with van der Waals surface area (Å²) < 4.78 is 2.97. The Morgan fingerprint density at radius 1 is 1.50 bits per heavy atom. The fourth-order valence-corrected chi connectivity index (χ4v) is 2.78. The maximum absolute atomic E-state index is 11.8. The zero-order chi connectivity index (χ0) is 10.5. The number of hydrogen-bond acceptors (Lipinski definition) is 1. The maximum atomic E-state index is 11.8. The van der Waals surface area contributed by atoms with Gasteiger partial charge in [-0.3, -0.25) is 4.79 Å². The molecule has 1 aliphatic heterocycles. The number of hydrogen-bond donors (Lipinski definition) is 0. The molecule has 2 heterocycles. The second-order valence-electron chi connectivity index (χ2n) is 4.85. The van der Waals surface area contributed by atoms with Crippen LogP contribution in [0, 0.1) is 12.3 Å². The normalized spacial score (nSPS) is 18.3. The van der Waals surface area contributed by atoms with Crippen LogP contribution in [0.25, 0.3) is 0 Å². The summed E-state index contributed by atoms with van der Waals surface area (Å²) in [5.74, 6) is 0. The van der Waals surface area contributed by atoms with Crippen molar-refractivity contribution in [1.82, 2.24) is 4.57 Å². The number of rotatable bonds is 0. The summed E-state index contributed by atoms with van der Waals surface area (Å²) in [6.07, 6.45) is 0.975. The van der Waals surface area contributed by atoms with E-state index < -0.39 is 0 Å². The standard InChI is InChI=1S/C11H14BrNO/c1-7-4-8(12)9-5-11(2,3)6-13(9)10(7)14/h4H,5-6H2,1-3H3. The topological polar surface area (TPSA) is 22.0 Å². The fourth-order valence-electron chi connectivity index (χ4n) is 2.08. The van der Waals surface area contributed by atoms with E-state index in [-0.39, 0.29) is 11.0 Å². The molecule has 0 fully saturated rings. The highest BCUT2D eigenvalue weighted by Crippen LogP contribution is 2.33. The van der Waals surface area contributed by atoms with E-state index in [2.05, 4.69) is 29.8 Å². The first-order valence-electron chi connectivity index (χ1n) is 4.79. The third-order valence-corrected chi connectivity index (χ3v) is 3.45. The largest absolute Gasteiger partial charge is 0.311 e. The highest BCUT2D eigenvalue weighted by atomic mass is 79.9. The lowest BCUT2D eigenvalue weighted by Crippen LogP contribution is -2.23. The van der Waals surface area contributed by atoms with Crippen LogP contribution in [0.3, 0.4) is 0 Å². The van der Waals surface area contributed by atoms with Crippen molar-refractivity contribution in [3.8, 4) is 0 Å². The van der Waals surface area contributed by atoms with Gasteiger partial charge in [0.25, 0.3) is 5.56 Å². The first-order chi connectivity index (χ1) is 6.41. The monoisotopic (exact) mass is 255 g/mol. The molecule has 0 N–H and O–H groups in total. The Labute approximate surface area is 92.1 Å². The molecule has 1 aromatic rings. The summed E-state index contributed by atoms with van der Waals surface area (Å²) in [7, 11) is 0. The molecule has 3 heteroatoms. The number of halogens is 1. The van der Waals surface area contributed by atoms with E-state index in [4.69, 9.17) is 0 Å². The van der Waals surface area contributed by atoms with Gasteiger partial charge in [-0.1, -0.05) is 13.8 Å². The van der Waals surface area contributed by atoms with E-state index >= 15 is 0 Å². The summed E-state index contributed by atoms with van der Waals surface area (Å²) in [5.41, 5.74) is 2.33. The van der Waals surface area contributed by atoms with E-state index in [0.29, 0.717) is 0 Å². The van der Waals surface area contributed by atoms with E-state index in [9.17, 15) is 4.79 Å². The smallest absolute Gasteiger partial charge is 0.253 e. The molecule has 2 rings (SSSR count). The molecule has 0 radical (unpaired) electrons. The Hall–Kier alpha value is -0.570. The van der Waals surface area contributed by atoms with Crippen molar-refractivity contribution in [3.63, 3.8) is 0 Å². The Balaban J connectivity index is 2.68. The third-order valence-electron chi connectivity index (χ3n) is 2.76. The van der Waals surface area contributed by atoms with Crippen molar-refractivity contribution >= 4 is 15.9 Å². The van der Waals surface area contributed by atoms with Crippen LogP contribution in [-0.4, -0.2) is 4.57 Å². The molecule has 76 valence electrons. The van der Waals surface area contributed by atoms with Crippen LogP contribution in [0.1, 0.15) is 25.1 Å².